The number of aromatic nitrogens is 2. The van der Waals surface area contributed by atoms with E-state index in [1.807, 2.05) is 43.3 Å². The molecule has 0 bridgehead atoms. The van der Waals surface area contributed by atoms with Crippen molar-refractivity contribution in [1.82, 2.24) is 15.3 Å². The minimum Gasteiger partial charge on any atom is -0.378 e. The maximum atomic E-state index is 12.3. The zero-order chi connectivity index (χ0) is 16.9. The van der Waals surface area contributed by atoms with E-state index in [2.05, 4.69) is 20.6 Å². The van der Waals surface area contributed by atoms with Gasteiger partial charge >= 0.3 is 0 Å². The van der Waals surface area contributed by atoms with Gasteiger partial charge < -0.3 is 15.5 Å². The highest BCUT2D eigenvalue weighted by atomic mass is 16.1. The summed E-state index contributed by atoms with van der Waals surface area (Å²) in [6, 6.07) is 9.87. The van der Waals surface area contributed by atoms with Crippen LogP contribution < -0.4 is 15.5 Å². The van der Waals surface area contributed by atoms with Crippen LogP contribution >= 0.6 is 0 Å². The highest BCUT2D eigenvalue weighted by Crippen LogP contribution is 2.19. The highest BCUT2D eigenvalue weighted by molar-refractivity contribution is 5.92. The van der Waals surface area contributed by atoms with Crippen LogP contribution in [0.5, 0.6) is 0 Å². The van der Waals surface area contributed by atoms with E-state index in [1.54, 1.807) is 12.3 Å². The van der Waals surface area contributed by atoms with Crippen LogP contribution in [-0.4, -0.2) is 36.0 Å². The Bertz CT molecular complexity index is 693. The molecule has 1 aliphatic carbocycles. The number of anilines is 3. The first-order valence-corrected chi connectivity index (χ1v) is 8.30. The van der Waals surface area contributed by atoms with Crippen LogP contribution in [-0.2, 0) is 0 Å². The second-order valence-electron chi connectivity index (χ2n) is 6.29. The van der Waals surface area contributed by atoms with E-state index in [9.17, 15) is 4.79 Å². The van der Waals surface area contributed by atoms with E-state index in [4.69, 9.17) is 0 Å². The third kappa shape index (κ3) is 4.01. The summed E-state index contributed by atoms with van der Waals surface area (Å²) in [6.07, 6.45) is 6.09. The molecule has 0 atom stereocenters. The molecular formula is C18H23N5O. The van der Waals surface area contributed by atoms with Crippen LogP contribution in [0.3, 0.4) is 0 Å². The zero-order valence-corrected chi connectivity index (χ0v) is 14.1. The zero-order valence-electron chi connectivity index (χ0n) is 14.1. The number of nitrogens with one attached hydrogen (secondary N) is 2. The number of rotatable bonds is 5. The first-order chi connectivity index (χ1) is 11.6. The van der Waals surface area contributed by atoms with Gasteiger partial charge in [0.2, 0.25) is 5.95 Å². The van der Waals surface area contributed by atoms with E-state index in [1.165, 1.54) is 12.8 Å². The summed E-state index contributed by atoms with van der Waals surface area (Å²) >= 11 is 0. The molecule has 3 rings (SSSR count). The third-order valence-electron chi connectivity index (χ3n) is 4.22. The average molecular weight is 325 g/mol. The number of benzene rings is 1. The summed E-state index contributed by atoms with van der Waals surface area (Å²) in [6.45, 7) is 0. The highest BCUT2D eigenvalue weighted by Gasteiger charge is 2.18. The van der Waals surface area contributed by atoms with Gasteiger partial charge in [0.15, 0.2) is 0 Å². The third-order valence-corrected chi connectivity index (χ3v) is 4.22. The smallest absolute Gasteiger partial charge is 0.270 e. The quantitative estimate of drug-likeness (QED) is 0.884. The molecule has 1 fully saturated rings. The normalized spacial score (nSPS) is 14.4. The van der Waals surface area contributed by atoms with Gasteiger partial charge in [0.25, 0.3) is 5.91 Å². The fraction of sp³-hybridized carbons (Fsp3) is 0.389. The van der Waals surface area contributed by atoms with Crippen LogP contribution in [0.4, 0.5) is 17.3 Å². The molecule has 1 heterocycles. The van der Waals surface area contributed by atoms with Crippen LogP contribution in [0.1, 0.15) is 36.2 Å². The lowest BCUT2D eigenvalue weighted by Gasteiger charge is -2.13. The van der Waals surface area contributed by atoms with Crippen molar-refractivity contribution in [3.8, 4) is 0 Å². The Balaban J connectivity index is 1.67. The van der Waals surface area contributed by atoms with Gasteiger partial charge in [-0.3, -0.25) is 4.79 Å². The van der Waals surface area contributed by atoms with Gasteiger partial charge in [-0.05, 0) is 43.2 Å². The predicted octanol–water partition coefficient (Wildman–Crippen LogP) is 2.96. The Kier molecular flexibility index (Phi) is 4.93. The van der Waals surface area contributed by atoms with Crippen LogP contribution in [0.25, 0.3) is 0 Å². The Hall–Kier alpha value is -2.63. The van der Waals surface area contributed by atoms with E-state index in [-0.39, 0.29) is 11.9 Å². The molecule has 1 aliphatic rings. The Morgan fingerprint density at radius 3 is 2.50 bits per heavy atom. The van der Waals surface area contributed by atoms with E-state index in [0.717, 1.165) is 24.2 Å². The van der Waals surface area contributed by atoms with E-state index < -0.39 is 0 Å². The van der Waals surface area contributed by atoms with Gasteiger partial charge in [-0.25, -0.2) is 9.97 Å². The molecule has 1 saturated carbocycles. The molecule has 0 spiro atoms. The number of hydrogen-bond acceptors (Lipinski definition) is 5. The molecule has 6 heteroatoms. The molecule has 24 heavy (non-hydrogen) atoms. The fourth-order valence-electron chi connectivity index (χ4n) is 2.85. The van der Waals surface area contributed by atoms with Crippen molar-refractivity contribution in [2.45, 2.75) is 31.7 Å². The van der Waals surface area contributed by atoms with E-state index >= 15 is 0 Å². The maximum absolute atomic E-state index is 12.3. The van der Waals surface area contributed by atoms with Crippen molar-refractivity contribution in [2.24, 2.45) is 0 Å². The van der Waals surface area contributed by atoms with Crippen molar-refractivity contribution in [3.63, 3.8) is 0 Å². The lowest BCUT2D eigenvalue weighted by atomic mass is 10.2. The Labute approximate surface area is 142 Å². The molecule has 2 N–H and O–H groups in total. The molecule has 0 radical (unpaired) electrons. The lowest BCUT2D eigenvalue weighted by Crippen LogP contribution is -2.33. The standard InChI is InChI=1S/C18H23N5O/c1-23(2)15-9-7-14(8-10-15)21-18-19-12-11-16(22-18)17(24)20-13-5-3-4-6-13/h7-13H,3-6H2,1-2H3,(H,20,24)(H,19,21,22). The monoisotopic (exact) mass is 325 g/mol. The van der Waals surface area contributed by atoms with Crippen LogP contribution in [0, 0.1) is 0 Å². The van der Waals surface area contributed by atoms with Gasteiger partial charge in [0.05, 0.1) is 0 Å². The van der Waals surface area contributed by atoms with Gasteiger partial charge in [-0.15, -0.1) is 0 Å². The van der Waals surface area contributed by atoms with Gasteiger partial charge in [-0.2, -0.15) is 0 Å². The number of carbonyl (C=O) groups excluding carboxylic acids is 1. The Morgan fingerprint density at radius 2 is 1.83 bits per heavy atom. The number of amides is 1. The summed E-state index contributed by atoms with van der Waals surface area (Å²) in [4.78, 5) is 22.8. The first-order valence-electron chi connectivity index (χ1n) is 8.30. The molecule has 0 unspecified atom stereocenters. The fourth-order valence-corrected chi connectivity index (χ4v) is 2.85. The summed E-state index contributed by atoms with van der Waals surface area (Å²) < 4.78 is 0. The minimum atomic E-state index is -0.129. The van der Waals surface area contributed by atoms with Crippen LogP contribution in [0.15, 0.2) is 36.5 Å². The van der Waals surface area contributed by atoms with Crippen molar-refractivity contribution in [2.75, 3.05) is 24.3 Å². The average Bonchev–Trinajstić information content (AvgIpc) is 3.08. The number of carbonyl (C=O) groups is 1. The molecule has 6 nitrogen and oxygen atoms in total. The van der Waals surface area contributed by atoms with Gasteiger partial charge in [-0.1, -0.05) is 12.8 Å². The molecule has 1 amide bonds. The van der Waals surface area contributed by atoms with E-state index in [0.29, 0.717) is 11.6 Å². The number of nitrogens with zero attached hydrogens (tertiary/aromatic N) is 3. The molecule has 1 aromatic heterocycles. The summed E-state index contributed by atoms with van der Waals surface area (Å²) in [5, 5.41) is 6.18. The number of hydrogen-bond donors (Lipinski definition) is 2. The minimum absolute atomic E-state index is 0.129. The van der Waals surface area contributed by atoms with Gasteiger partial charge in [0, 0.05) is 37.7 Å². The van der Waals surface area contributed by atoms with Crippen molar-refractivity contribution in [1.29, 1.82) is 0 Å². The van der Waals surface area contributed by atoms with Crippen LogP contribution in [0.2, 0.25) is 0 Å². The summed E-state index contributed by atoms with van der Waals surface area (Å²) in [5.41, 5.74) is 2.39. The second kappa shape index (κ2) is 7.29. The predicted molar refractivity (Wildman–Crippen MR) is 95.8 cm³/mol. The first kappa shape index (κ1) is 16.2. The largest absolute Gasteiger partial charge is 0.378 e. The van der Waals surface area contributed by atoms with Crippen molar-refractivity contribution >= 4 is 23.2 Å². The van der Waals surface area contributed by atoms with Gasteiger partial charge in [0.1, 0.15) is 5.69 Å². The topological polar surface area (TPSA) is 70.2 Å². The Morgan fingerprint density at radius 1 is 1.12 bits per heavy atom. The molecule has 126 valence electrons. The second-order valence-corrected chi connectivity index (χ2v) is 6.29. The molecule has 0 aliphatic heterocycles. The SMILES string of the molecule is CN(C)c1ccc(Nc2nccc(C(=O)NC3CCCC3)n2)cc1. The lowest BCUT2D eigenvalue weighted by molar-refractivity contribution is 0.0933. The molecular weight excluding hydrogens is 302 g/mol. The summed E-state index contributed by atoms with van der Waals surface area (Å²) in [7, 11) is 4.00. The summed E-state index contributed by atoms with van der Waals surface area (Å²) in [5.74, 6) is 0.294. The molecule has 2 aromatic rings. The molecule has 0 saturated heterocycles. The maximum Gasteiger partial charge on any atom is 0.270 e. The molecule has 1 aromatic carbocycles. The van der Waals surface area contributed by atoms with Crippen molar-refractivity contribution in [3.05, 3.63) is 42.2 Å². The van der Waals surface area contributed by atoms with Crippen molar-refractivity contribution < 1.29 is 4.79 Å².